The Morgan fingerprint density at radius 2 is 1.20 bits per heavy atom. The average Bonchev–Trinajstić information content (AvgIpc) is 2.46. The Hall–Kier alpha value is -0.180. The van der Waals surface area contributed by atoms with Gasteiger partial charge in [0.05, 0.1) is 11.2 Å². The summed E-state index contributed by atoms with van der Waals surface area (Å²) < 4.78 is 24.8. The second kappa shape index (κ2) is 16.9. The number of methoxy groups -OCH3 is 1. The van der Waals surface area contributed by atoms with Gasteiger partial charge < -0.3 is 4.74 Å². The molecule has 3 heteroatoms. The smallest absolute Gasteiger partial charge is 0.305 e. The van der Waals surface area contributed by atoms with Crippen LogP contribution in [0.5, 0.6) is 0 Å². The molecule has 0 atom stereocenters. The van der Waals surface area contributed by atoms with Crippen molar-refractivity contribution < 1.29 is 13.6 Å². The van der Waals surface area contributed by atoms with E-state index >= 15 is 0 Å². The van der Waals surface area contributed by atoms with Gasteiger partial charge in [0.2, 0.25) is 0 Å². The molecule has 0 heterocycles. The number of thiol groups is 1. The fourth-order valence-corrected chi connectivity index (χ4v) is 2.60. The Labute approximate surface area is 135 Å². The van der Waals surface area contributed by atoms with Gasteiger partial charge in [0, 0.05) is 6.42 Å². The number of esters is 1. The van der Waals surface area contributed by atoms with Crippen LogP contribution in [-0.2, 0) is 9.53 Å². The van der Waals surface area contributed by atoms with E-state index < -0.39 is 13.0 Å². The molecular formula is C17H34O2S. The first kappa shape index (κ1) is 14.7. The molecule has 0 fully saturated rings. The third-order valence-corrected chi connectivity index (χ3v) is 3.97. The van der Waals surface area contributed by atoms with Crippen LogP contribution in [0.4, 0.5) is 0 Å². The standard InChI is InChI=1S/C17H34O2S/c1-19-17(18)15-13-11-9-7-5-3-2-4-6-8-10-12-14-16-20/h20H,2-16H2,1H3/i1D3. The molecule has 0 bridgehead atoms. The zero-order valence-corrected chi connectivity index (χ0v) is 13.8. The molecule has 0 aromatic carbocycles. The van der Waals surface area contributed by atoms with E-state index in [2.05, 4.69) is 17.4 Å². The van der Waals surface area contributed by atoms with E-state index in [1.165, 1.54) is 64.2 Å². The molecule has 0 aromatic rings. The highest BCUT2D eigenvalue weighted by molar-refractivity contribution is 7.80. The van der Waals surface area contributed by atoms with Crippen LogP contribution in [0, 0.1) is 0 Å². The van der Waals surface area contributed by atoms with Crippen molar-refractivity contribution in [1.29, 1.82) is 0 Å². The maximum Gasteiger partial charge on any atom is 0.305 e. The van der Waals surface area contributed by atoms with Crippen LogP contribution in [0.3, 0.4) is 0 Å². The van der Waals surface area contributed by atoms with Crippen LogP contribution in [0.25, 0.3) is 0 Å². The van der Waals surface area contributed by atoms with Crippen molar-refractivity contribution >= 4 is 18.6 Å². The summed E-state index contributed by atoms with van der Waals surface area (Å²) in [5.74, 6) is 0.403. The summed E-state index contributed by atoms with van der Waals surface area (Å²) in [4.78, 5) is 11.2. The minimum absolute atomic E-state index is 0.214. The monoisotopic (exact) mass is 305 g/mol. The first-order valence-electron chi connectivity index (χ1n) is 9.78. The summed E-state index contributed by atoms with van der Waals surface area (Å²) in [7, 11) is -2.59. The molecule has 0 spiro atoms. The fourth-order valence-electron chi connectivity index (χ4n) is 2.38. The maximum atomic E-state index is 11.2. The fraction of sp³-hybridized carbons (Fsp3) is 0.941. The van der Waals surface area contributed by atoms with E-state index in [4.69, 9.17) is 4.11 Å². The molecule has 0 amide bonds. The molecule has 0 rings (SSSR count). The summed E-state index contributed by atoms with van der Waals surface area (Å²) in [5.41, 5.74) is 0. The molecule has 0 N–H and O–H groups in total. The second-order valence-corrected chi connectivity index (χ2v) is 5.99. The highest BCUT2D eigenvalue weighted by Crippen LogP contribution is 2.13. The Morgan fingerprint density at radius 3 is 1.60 bits per heavy atom. The van der Waals surface area contributed by atoms with Crippen molar-refractivity contribution in [3.8, 4) is 0 Å². The summed E-state index contributed by atoms with van der Waals surface area (Å²) in [5, 5.41) is 0. The number of unbranched alkanes of at least 4 members (excludes halogenated alkanes) is 12. The summed E-state index contributed by atoms with van der Waals surface area (Å²) in [6, 6.07) is 0. The van der Waals surface area contributed by atoms with E-state index in [9.17, 15) is 4.79 Å². The van der Waals surface area contributed by atoms with E-state index in [1.807, 2.05) is 0 Å². The van der Waals surface area contributed by atoms with Gasteiger partial charge in [-0.3, -0.25) is 4.79 Å². The second-order valence-electron chi connectivity index (χ2n) is 5.54. The van der Waals surface area contributed by atoms with E-state index in [0.717, 1.165) is 25.0 Å². The first-order chi connectivity index (χ1) is 11.0. The molecule has 0 saturated heterocycles. The lowest BCUT2D eigenvalue weighted by Gasteiger charge is -2.03. The maximum absolute atomic E-state index is 11.2. The van der Waals surface area contributed by atoms with Gasteiger partial charge in [-0.1, -0.05) is 70.6 Å². The van der Waals surface area contributed by atoms with Gasteiger partial charge in [-0.2, -0.15) is 12.6 Å². The molecule has 0 aliphatic rings. The van der Waals surface area contributed by atoms with E-state index in [1.54, 1.807) is 0 Å². The van der Waals surface area contributed by atoms with Crippen LogP contribution in [0.15, 0.2) is 0 Å². The number of carbonyl (C=O) groups excluding carboxylic acids is 1. The quantitative estimate of drug-likeness (QED) is 0.244. The zero-order valence-electron chi connectivity index (χ0n) is 15.9. The van der Waals surface area contributed by atoms with Crippen molar-refractivity contribution in [3.63, 3.8) is 0 Å². The van der Waals surface area contributed by atoms with Gasteiger partial charge in [0.1, 0.15) is 0 Å². The van der Waals surface area contributed by atoms with Crippen LogP contribution >= 0.6 is 12.6 Å². The first-order valence-corrected chi connectivity index (χ1v) is 8.91. The molecule has 0 aromatic heterocycles. The van der Waals surface area contributed by atoms with Crippen LogP contribution in [-0.4, -0.2) is 18.8 Å². The van der Waals surface area contributed by atoms with Crippen LogP contribution in [0.2, 0.25) is 0 Å². The highest BCUT2D eigenvalue weighted by Gasteiger charge is 1.99. The van der Waals surface area contributed by atoms with E-state index in [0.29, 0.717) is 0 Å². The third-order valence-electron chi connectivity index (χ3n) is 3.65. The molecule has 2 nitrogen and oxygen atoms in total. The van der Waals surface area contributed by atoms with Crippen molar-refractivity contribution in [2.75, 3.05) is 12.8 Å². The predicted octanol–water partition coefficient (Wildman–Crippen LogP) is 5.55. The normalized spacial score (nSPS) is 13.6. The lowest BCUT2D eigenvalue weighted by molar-refractivity contribution is -0.140. The van der Waals surface area contributed by atoms with Crippen molar-refractivity contribution in [2.45, 2.75) is 89.9 Å². The topological polar surface area (TPSA) is 26.3 Å². The van der Waals surface area contributed by atoms with Gasteiger partial charge in [0.25, 0.3) is 0 Å². The van der Waals surface area contributed by atoms with Gasteiger partial charge >= 0.3 is 5.97 Å². The Bertz CT molecular complexity index is 284. The highest BCUT2D eigenvalue weighted by atomic mass is 32.1. The predicted molar refractivity (Wildman–Crippen MR) is 90.5 cm³/mol. The average molecular weight is 306 g/mol. The Morgan fingerprint density at radius 1 is 0.800 bits per heavy atom. The minimum Gasteiger partial charge on any atom is -0.469 e. The Balaban J connectivity index is 3.15. The molecule has 0 radical (unpaired) electrons. The lowest BCUT2D eigenvalue weighted by atomic mass is 10.0. The number of carbonyl (C=O) groups is 1. The van der Waals surface area contributed by atoms with Crippen molar-refractivity contribution in [1.82, 2.24) is 0 Å². The molecule has 0 saturated carbocycles. The Kier molecular flexibility index (Phi) is 12.4. The number of rotatable bonds is 15. The largest absolute Gasteiger partial charge is 0.469 e. The molecule has 120 valence electrons. The number of hydrogen-bond acceptors (Lipinski definition) is 3. The molecule has 0 unspecified atom stereocenters. The van der Waals surface area contributed by atoms with Crippen molar-refractivity contribution in [3.05, 3.63) is 0 Å². The van der Waals surface area contributed by atoms with Gasteiger partial charge in [-0.15, -0.1) is 0 Å². The third kappa shape index (κ3) is 15.9. The summed E-state index contributed by atoms with van der Waals surface area (Å²) in [6.07, 6.45) is 16.1. The minimum atomic E-state index is -2.59. The van der Waals surface area contributed by atoms with Gasteiger partial charge in [0.15, 0.2) is 0 Å². The molecule has 20 heavy (non-hydrogen) atoms. The zero-order chi connectivity index (χ0) is 17.4. The van der Waals surface area contributed by atoms with Crippen LogP contribution < -0.4 is 0 Å². The molecular weight excluding hydrogens is 268 g/mol. The van der Waals surface area contributed by atoms with Gasteiger partial charge in [-0.05, 0) is 18.6 Å². The van der Waals surface area contributed by atoms with E-state index in [-0.39, 0.29) is 6.42 Å². The number of ether oxygens (including phenoxy) is 1. The molecule has 0 aliphatic heterocycles. The number of hydrogen-bond donors (Lipinski definition) is 1. The SMILES string of the molecule is [2H]C([2H])([2H])OC(=O)CCCCCCCCCCCCCCCS. The lowest BCUT2D eigenvalue weighted by Crippen LogP contribution is -1.99. The van der Waals surface area contributed by atoms with Gasteiger partial charge in [-0.25, -0.2) is 0 Å². The van der Waals surface area contributed by atoms with Crippen LogP contribution in [0.1, 0.15) is 94.0 Å². The van der Waals surface area contributed by atoms with Crippen molar-refractivity contribution in [2.24, 2.45) is 0 Å². The molecule has 0 aliphatic carbocycles. The summed E-state index contributed by atoms with van der Waals surface area (Å²) >= 11 is 4.21. The summed E-state index contributed by atoms with van der Waals surface area (Å²) in [6.45, 7) is 0.